The van der Waals surface area contributed by atoms with Gasteiger partial charge in [-0.2, -0.15) is 0 Å². The molecule has 0 aromatic heterocycles. The lowest BCUT2D eigenvalue weighted by Gasteiger charge is -2.65. The molecule has 4 rings (SSSR count). The lowest BCUT2D eigenvalue weighted by atomic mass is 9.43. The first-order valence-corrected chi connectivity index (χ1v) is 8.33. The van der Waals surface area contributed by atoms with Crippen LogP contribution in [-0.4, -0.2) is 17.2 Å². The van der Waals surface area contributed by atoms with E-state index < -0.39 is 0 Å². The van der Waals surface area contributed by atoms with Gasteiger partial charge in [-0.15, -0.1) is 0 Å². The molecule has 0 aliphatic heterocycles. The summed E-state index contributed by atoms with van der Waals surface area (Å²) in [6, 6.07) is 0. The Balaban J connectivity index is 1.72. The number of hydrogen-bond donors (Lipinski definition) is 2. The van der Waals surface area contributed by atoms with E-state index in [0.29, 0.717) is 10.8 Å². The first kappa shape index (κ1) is 14.4. The normalized spacial score (nSPS) is 45.2. The standard InChI is InChI=1S/C17H28N2S/c1-12(2)8-18-14(20)19-17-7-13-5-15(3,10-17)9-16(4,6-13)11-17/h13H,1,5-11H2,2-4H3,(H2,18,19,20)/t13?,15-,16-,17?/m0/s1. The highest BCUT2D eigenvalue weighted by molar-refractivity contribution is 7.80. The van der Waals surface area contributed by atoms with Gasteiger partial charge in [0.1, 0.15) is 0 Å². The molecule has 3 heteroatoms. The van der Waals surface area contributed by atoms with Gasteiger partial charge in [-0.3, -0.25) is 0 Å². The largest absolute Gasteiger partial charge is 0.359 e. The van der Waals surface area contributed by atoms with E-state index in [4.69, 9.17) is 12.2 Å². The Labute approximate surface area is 128 Å². The van der Waals surface area contributed by atoms with Crippen LogP contribution in [0.4, 0.5) is 0 Å². The molecule has 4 fully saturated rings. The third-order valence-corrected chi connectivity index (χ3v) is 5.80. The van der Waals surface area contributed by atoms with Gasteiger partial charge in [0.15, 0.2) is 5.11 Å². The fraction of sp³-hybridized carbons (Fsp3) is 0.824. The van der Waals surface area contributed by atoms with E-state index in [2.05, 4.69) is 31.1 Å². The zero-order valence-electron chi connectivity index (χ0n) is 13.1. The van der Waals surface area contributed by atoms with Crippen molar-refractivity contribution in [2.75, 3.05) is 6.54 Å². The SMILES string of the molecule is C=C(C)CNC(=S)NC12CC3C[C@](C)(C1)C[C@](C)(C3)C2. The summed E-state index contributed by atoms with van der Waals surface area (Å²) in [5.41, 5.74) is 2.44. The molecular formula is C17H28N2S. The second kappa shape index (κ2) is 4.46. The summed E-state index contributed by atoms with van der Waals surface area (Å²) in [6.45, 7) is 11.7. The molecule has 0 aromatic rings. The van der Waals surface area contributed by atoms with Crippen molar-refractivity contribution < 1.29 is 0 Å². The second-order valence-corrected chi connectivity index (χ2v) is 9.08. The molecule has 4 bridgehead atoms. The smallest absolute Gasteiger partial charge is 0.166 e. The van der Waals surface area contributed by atoms with E-state index in [1.807, 2.05) is 6.92 Å². The Morgan fingerprint density at radius 2 is 1.75 bits per heavy atom. The van der Waals surface area contributed by atoms with Crippen molar-refractivity contribution in [2.24, 2.45) is 16.7 Å². The summed E-state index contributed by atoms with van der Waals surface area (Å²) in [5.74, 6) is 0.901. The van der Waals surface area contributed by atoms with Crippen molar-refractivity contribution in [3.63, 3.8) is 0 Å². The fourth-order valence-electron chi connectivity index (χ4n) is 6.10. The van der Waals surface area contributed by atoms with Gasteiger partial charge in [0, 0.05) is 12.1 Å². The van der Waals surface area contributed by atoms with Gasteiger partial charge in [0.25, 0.3) is 0 Å². The van der Waals surface area contributed by atoms with Crippen molar-refractivity contribution in [1.29, 1.82) is 0 Å². The minimum absolute atomic E-state index is 0.252. The summed E-state index contributed by atoms with van der Waals surface area (Å²) in [6.07, 6.45) is 8.16. The summed E-state index contributed by atoms with van der Waals surface area (Å²) >= 11 is 5.52. The zero-order chi connectivity index (χ0) is 14.6. The van der Waals surface area contributed by atoms with Crippen molar-refractivity contribution in [2.45, 2.75) is 64.8 Å². The molecule has 0 unspecified atom stereocenters. The van der Waals surface area contributed by atoms with E-state index >= 15 is 0 Å². The minimum Gasteiger partial charge on any atom is -0.359 e. The van der Waals surface area contributed by atoms with E-state index in [0.717, 1.165) is 23.1 Å². The number of hydrogen-bond acceptors (Lipinski definition) is 1. The molecule has 112 valence electrons. The van der Waals surface area contributed by atoms with Crippen LogP contribution in [0, 0.1) is 16.7 Å². The third kappa shape index (κ3) is 2.61. The van der Waals surface area contributed by atoms with Crippen LogP contribution >= 0.6 is 12.2 Å². The molecule has 0 aromatic carbocycles. The van der Waals surface area contributed by atoms with Crippen LogP contribution < -0.4 is 10.6 Å². The molecule has 2 nitrogen and oxygen atoms in total. The molecule has 2 N–H and O–H groups in total. The summed E-state index contributed by atoms with van der Waals surface area (Å²) in [7, 11) is 0. The lowest BCUT2D eigenvalue weighted by molar-refractivity contribution is -0.111. The molecule has 4 aliphatic rings. The zero-order valence-corrected chi connectivity index (χ0v) is 14.0. The van der Waals surface area contributed by atoms with Crippen molar-refractivity contribution >= 4 is 17.3 Å². The Morgan fingerprint density at radius 1 is 1.15 bits per heavy atom. The van der Waals surface area contributed by atoms with Gasteiger partial charge in [-0.1, -0.05) is 26.0 Å². The Bertz CT molecular complexity index is 438. The summed E-state index contributed by atoms with van der Waals surface area (Å²) in [5, 5.41) is 7.83. The average molecular weight is 292 g/mol. The van der Waals surface area contributed by atoms with Crippen LogP contribution in [0.5, 0.6) is 0 Å². The van der Waals surface area contributed by atoms with Crippen LogP contribution in [-0.2, 0) is 0 Å². The molecule has 0 amide bonds. The number of nitrogens with one attached hydrogen (secondary N) is 2. The lowest BCUT2D eigenvalue weighted by Crippen LogP contribution is -2.66. The monoisotopic (exact) mass is 292 g/mol. The molecule has 0 spiro atoms. The van der Waals surface area contributed by atoms with Gasteiger partial charge in [-0.25, -0.2) is 0 Å². The molecular weight excluding hydrogens is 264 g/mol. The fourth-order valence-corrected chi connectivity index (χ4v) is 6.39. The first-order chi connectivity index (χ1) is 9.22. The highest BCUT2D eigenvalue weighted by Gasteiger charge is 2.60. The van der Waals surface area contributed by atoms with Gasteiger partial charge < -0.3 is 10.6 Å². The van der Waals surface area contributed by atoms with E-state index in [1.54, 1.807) is 0 Å². The highest BCUT2D eigenvalue weighted by Crippen LogP contribution is 2.66. The molecule has 4 aliphatic carbocycles. The average Bonchev–Trinajstić information content (AvgIpc) is 2.20. The Hall–Kier alpha value is -0.570. The van der Waals surface area contributed by atoms with Crippen molar-refractivity contribution in [1.82, 2.24) is 10.6 Å². The van der Waals surface area contributed by atoms with Gasteiger partial charge in [-0.05, 0) is 74.4 Å². The van der Waals surface area contributed by atoms with E-state index in [1.165, 1.54) is 38.5 Å². The molecule has 2 atom stereocenters. The summed E-state index contributed by atoms with van der Waals surface area (Å²) in [4.78, 5) is 0. The molecule has 20 heavy (non-hydrogen) atoms. The van der Waals surface area contributed by atoms with Crippen LogP contribution in [0.2, 0.25) is 0 Å². The van der Waals surface area contributed by atoms with Crippen molar-refractivity contribution in [3.8, 4) is 0 Å². The molecule has 0 radical (unpaired) electrons. The predicted octanol–water partition coefficient (Wildman–Crippen LogP) is 3.78. The highest BCUT2D eigenvalue weighted by atomic mass is 32.1. The second-order valence-electron chi connectivity index (χ2n) is 8.68. The summed E-state index contributed by atoms with van der Waals surface area (Å²) < 4.78 is 0. The maximum atomic E-state index is 5.52. The van der Waals surface area contributed by atoms with Crippen LogP contribution in [0.1, 0.15) is 59.3 Å². The van der Waals surface area contributed by atoms with Gasteiger partial charge in [0.2, 0.25) is 0 Å². The van der Waals surface area contributed by atoms with Crippen LogP contribution in [0.3, 0.4) is 0 Å². The maximum Gasteiger partial charge on any atom is 0.166 e. The van der Waals surface area contributed by atoms with E-state index in [9.17, 15) is 0 Å². The predicted molar refractivity (Wildman–Crippen MR) is 88.7 cm³/mol. The molecule has 4 saturated carbocycles. The number of thiocarbonyl (C=S) groups is 1. The molecule has 0 saturated heterocycles. The Morgan fingerprint density at radius 3 is 2.25 bits per heavy atom. The van der Waals surface area contributed by atoms with Crippen LogP contribution in [0.25, 0.3) is 0 Å². The molecule has 0 heterocycles. The third-order valence-electron chi connectivity index (χ3n) is 5.56. The maximum absolute atomic E-state index is 5.52. The number of rotatable bonds is 3. The van der Waals surface area contributed by atoms with Gasteiger partial charge in [0.05, 0.1) is 0 Å². The quantitative estimate of drug-likeness (QED) is 0.611. The topological polar surface area (TPSA) is 24.1 Å². The Kier molecular flexibility index (Phi) is 3.20. The van der Waals surface area contributed by atoms with E-state index in [-0.39, 0.29) is 5.54 Å². The van der Waals surface area contributed by atoms with Crippen molar-refractivity contribution in [3.05, 3.63) is 12.2 Å². The van der Waals surface area contributed by atoms with Gasteiger partial charge >= 0.3 is 0 Å². The first-order valence-electron chi connectivity index (χ1n) is 7.92. The van der Waals surface area contributed by atoms with Crippen LogP contribution in [0.15, 0.2) is 12.2 Å². The minimum atomic E-state index is 0.252.